The number of carbonyl (C=O) groups excluding carboxylic acids is 1. The number of benzene rings is 1. The Morgan fingerprint density at radius 2 is 2.30 bits per heavy atom. The molecule has 0 spiro atoms. The molecule has 3 rings (SSSR count). The van der Waals surface area contributed by atoms with E-state index in [9.17, 15) is 4.79 Å². The van der Waals surface area contributed by atoms with Gasteiger partial charge in [0.2, 0.25) is 5.91 Å². The first-order valence-electron chi connectivity index (χ1n) is 6.18. The van der Waals surface area contributed by atoms with Crippen LogP contribution in [0.4, 0.5) is 11.4 Å². The first kappa shape index (κ1) is 13.2. The highest BCUT2D eigenvalue weighted by molar-refractivity contribution is 9.10. The van der Waals surface area contributed by atoms with Gasteiger partial charge in [-0.25, -0.2) is 0 Å². The van der Waals surface area contributed by atoms with E-state index in [4.69, 9.17) is 10.2 Å². The molecule has 1 unspecified atom stereocenters. The highest BCUT2D eigenvalue weighted by Gasteiger charge is 2.28. The molecule has 1 aromatic carbocycles. The Labute approximate surface area is 124 Å². The van der Waals surface area contributed by atoms with Crippen LogP contribution < -0.4 is 16.0 Å². The molecule has 0 bridgehead atoms. The summed E-state index contributed by atoms with van der Waals surface area (Å²) in [5.74, 6) is -0.165. The van der Waals surface area contributed by atoms with Gasteiger partial charge in [-0.15, -0.1) is 0 Å². The predicted octanol–water partition coefficient (Wildman–Crippen LogP) is 2.63. The summed E-state index contributed by atoms with van der Waals surface area (Å²) in [5.41, 5.74) is 9.50. The van der Waals surface area contributed by atoms with E-state index in [1.807, 2.05) is 25.2 Å². The fourth-order valence-electron chi connectivity index (χ4n) is 2.33. The van der Waals surface area contributed by atoms with Crippen molar-refractivity contribution in [3.05, 3.63) is 46.3 Å². The lowest BCUT2D eigenvalue weighted by atomic mass is 10.1. The lowest BCUT2D eigenvalue weighted by Crippen LogP contribution is -2.19. The van der Waals surface area contributed by atoms with Gasteiger partial charge in [0.25, 0.3) is 0 Å². The molecule has 0 saturated carbocycles. The average molecular weight is 336 g/mol. The number of fused-ring (bicyclic) bond motifs is 1. The van der Waals surface area contributed by atoms with Gasteiger partial charge in [0.05, 0.1) is 18.2 Å². The number of hydrogen-bond acceptors (Lipinski definition) is 4. The second kappa shape index (κ2) is 4.96. The van der Waals surface area contributed by atoms with Crippen LogP contribution in [0.1, 0.15) is 17.2 Å². The third-order valence-electron chi connectivity index (χ3n) is 3.41. The SMILES string of the molecule is CN(Cc1ccoc1)c1cc2c(cc1Br)C(N)C(=O)N2. The minimum Gasteiger partial charge on any atom is -0.472 e. The maximum atomic E-state index is 11.6. The van der Waals surface area contributed by atoms with E-state index in [1.165, 1.54) is 0 Å². The molecule has 1 aliphatic rings. The summed E-state index contributed by atoms with van der Waals surface area (Å²) in [6, 6.07) is 5.17. The Morgan fingerprint density at radius 1 is 1.50 bits per heavy atom. The minimum absolute atomic E-state index is 0.165. The number of furan rings is 1. The Morgan fingerprint density at radius 3 is 3.00 bits per heavy atom. The topological polar surface area (TPSA) is 71.5 Å². The van der Waals surface area contributed by atoms with Gasteiger partial charge in [-0.3, -0.25) is 4.79 Å². The van der Waals surface area contributed by atoms with E-state index in [1.54, 1.807) is 12.5 Å². The van der Waals surface area contributed by atoms with Crippen molar-refractivity contribution in [1.29, 1.82) is 0 Å². The van der Waals surface area contributed by atoms with Gasteiger partial charge in [0.15, 0.2) is 0 Å². The molecule has 1 amide bonds. The van der Waals surface area contributed by atoms with Gasteiger partial charge in [0.1, 0.15) is 6.04 Å². The summed E-state index contributed by atoms with van der Waals surface area (Å²) in [4.78, 5) is 13.7. The van der Waals surface area contributed by atoms with Crippen molar-refractivity contribution in [2.45, 2.75) is 12.6 Å². The maximum Gasteiger partial charge on any atom is 0.245 e. The zero-order valence-electron chi connectivity index (χ0n) is 10.9. The quantitative estimate of drug-likeness (QED) is 0.904. The van der Waals surface area contributed by atoms with E-state index in [0.29, 0.717) is 6.54 Å². The van der Waals surface area contributed by atoms with Crippen LogP contribution in [0.3, 0.4) is 0 Å². The summed E-state index contributed by atoms with van der Waals surface area (Å²) >= 11 is 3.54. The maximum absolute atomic E-state index is 11.6. The van der Waals surface area contributed by atoms with Crippen LogP contribution in [0, 0.1) is 0 Å². The molecule has 0 fully saturated rings. The van der Waals surface area contributed by atoms with Gasteiger partial charge in [0, 0.05) is 34.9 Å². The molecule has 1 aromatic heterocycles. The van der Waals surface area contributed by atoms with E-state index in [2.05, 4.69) is 26.1 Å². The molecule has 5 nitrogen and oxygen atoms in total. The fraction of sp³-hybridized carbons (Fsp3) is 0.214. The van der Waals surface area contributed by atoms with Crippen LogP contribution >= 0.6 is 15.9 Å². The average Bonchev–Trinajstić information content (AvgIpc) is 3.00. The van der Waals surface area contributed by atoms with Crippen LogP contribution in [-0.2, 0) is 11.3 Å². The lowest BCUT2D eigenvalue weighted by molar-refractivity contribution is -0.116. The van der Waals surface area contributed by atoms with Gasteiger partial charge in [-0.2, -0.15) is 0 Å². The monoisotopic (exact) mass is 335 g/mol. The van der Waals surface area contributed by atoms with Crippen molar-refractivity contribution in [3.63, 3.8) is 0 Å². The van der Waals surface area contributed by atoms with Crippen LogP contribution in [0.2, 0.25) is 0 Å². The molecule has 20 heavy (non-hydrogen) atoms. The lowest BCUT2D eigenvalue weighted by Gasteiger charge is -2.21. The molecule has 3 N–H and O–H groups in total. The van der Waals surface area contributed by atoms with Crippen LogP contribution in [0.5, 0.6) is 0 Å². The van der Waals surface area contributed by atoms with Gasteiger partial charge < -0.3 is 20.4 Å². The summed E-state index contributed by atoms with van der Waals surface area (Å²) in [5, 5.41) is 2.80. The fourth-order valence-corrected chi connectivity index (χ4v) is 2.99. The van der Waals surface area contributed by atoms with Crippen molar-refractivity contribution in [3.8, 4) is 0 Å². The third-order valence-corrected chi connectivity index (χ3v) is 4.04. The minimum atomic E-state index is -0.588. The Bertz CT molecular complexity index is 655. The third kappa shape index (κ3) is 2.21. The number of amides is 1. The highest BCUT2D eigenvalue weighted by Crippen LogP contribution is 2.38. The molecule has 6 heteroatoms. The van der Waals surface area contributed by atoms with E-state index >= 15 is 0 Å². The number of anilines is 2. The van der Waals surface area contributed by atoms with Gasteiger partial charge in [-0.1, -0.05) is 0 Å². The number of carbonyl (C=O) groups is 1. The summed E-state index contributed by atoms with van der Waals surface area (Å²) in [7, 11) is 1.98. The number of nitrogens with zero attached hydrogens (tertiary/aromatic N) is 1. The summed E-state index contributed by atoms with van der Waals surface area (Å²) in [6.07, 6.45) is 3.37. The molecule has 0 saturated heterocycles. The molecule has 0 aliphatic carbocycles. The highest BCUT2D eigenvalue weighted by atomic mass is 79.9. The van der Waals surface area contributed by atoms with Gasteiger partial charge in [-0.05, 0) is 34.1 Å². The second-order valence-corrected chi connectivity index (χ2v) is 5.70. The molecular formula is C14H14BrN3O2. The Kier molecular flexibility index (Phi) is 3.27. The van der Waals surface area contributed by atoms with Crippen molar-refractivity contribution < 1.29 is 9.21 Å². The smallest absolute Gasteiger partial charge is 0.245 e. The van der Waals surface area contributed by atoms with Crippen molar-refractivity contribution in [2.75, 3.05) is 17.3 Å². The predicted molar refractivity (Wildman–Crippen MR) is 80.5 cm³/mol. The van der Waals surface area contributed by atoms with E-state index < -0.39 is 6.04 Å². The van der Waals surface area contributed by atoms with Crippen LogP contribution in [0.15, 0.2) is 39.6 Å². The van der Waals surface area contributed by atoms with Crippen LogP contribution in [0.25, 0.3) is 0 Å². The van der Waals surface area contributed by atoms with Crippen LogP contribution in [-0.4, -0.2) is 13.0 Å². The number of hydrogen-bond donors (Lipinski definition) is 2. The first-order valence-corrected chi connectivity index (χ1v) is 6.97. The molecule has 1 atom stereocenters. The zero-order valence-corrected chi connectivity index (χ0v) is 12.5. The van der Waals surface area contributed by atoms with Crippen molar-refractivity contribution in [2.24, 2.45) is 5.73 Å². The number of rotatable bonds is 3. The molecule has 104 valence electrons. The largest absolute Gasteiger partial charge is 0.472 e. The standard InChI is InChI=1S/C14H14BrN3O2/c1-18(6-8-2-3-20-7-8)12-5-11-9(4-10(12)15)13(16)14(19)17-11/h2-5,7,13H,6,16H2,1H3,(H,17,19). The number of halogens is 1. The van der Waals surface area contributed by atoms with Gasteiger partial charge >= 0.3 is 0 Å². The van der Waals surface area contributed by atoms with Crippen molar-refractivity contribution >= 4 is 33.2 Å². The van der Waals surface area contributed by atoms with E-state index in [-0.39, 0.29) is 5.91 Å². The second-order valence-electron chi connectivity index (χ2n) is 4.85. The number of nitrogens with two attached hydrogens (primary N) is 1. The molecule has 1 aliphatic heterocycles. The normalized spacial score (nSPS) is 16.9. The Hall–Kier alpha value is -1.79. The summed E-state index contributed by atoms with van der Waals surface area (Å²) < 4.78 is 5.98. The van der Waals surface area contributed by atoms with Crippen molar-refractivity contribution in [1.82, 2.24) is 0 Å². The number of nitrogens with one attached hydrogen (secondary N) is 1. The molecule has 0 radical (unpaired) electrons. The zero-order chi connectivity index (χ0) is 14.3. The Balaban J connectivity index is 1.91. The molecule has 2 heterocycles. The molecule has 2 aromatic rings. The molecular weight excluding hydrogens is 322 g/mol. The van der Waals surface area contributed by atoms with E-state index in [0.717, 1.165) is 27.0 Å². The summed E-state index contributed by atoms with van der Waals surface area (Å²) in [6.45, 7) is 0.716. The first-order chi connectivity index (χ1) is 9.56.